The number of hydrogen-bond donors (Lipinski definition) is 1. The first-order chi connectivity index (χ1) is 6.77. The average Bonchev–Trinajstić information content (AvgIpc) is 2.19. The molecule has 0 atom stereocenters. The first kappa shape index (κ1) is 11.3. The molecule has 0 aromatic heterocycles. The lowest BCUT2D eigenvalue weighted by molar-refractivity contribution is 0.739. The van der Waals surface area contributed by atoms with Gasteiger partial charge in [0.25, 0.3) is 0 Å². The molecule has 0 heterocycles. The maximum atomic E-state index is 5.49. The van der Waals surface area contributed by atoms with E-state index in [1.54, 1.807) is 0 Å². The highest BCUT2D eigenvalue weighted by atomic mass is 14.5. The number of unbranched alkanes of at least 4 members (excludes halogenated alkanes) is 1. The Kier molecular flexibility index (Phi) is 4.68. The van der Waals surface area contributed by atoms with Crippen LogP contribution in [0.4, 0.5) is 0 Å². The predicted octanol–water partition coefficient (Wildman–Crippen LogP) is 2.84. The van der Waals surface area contributed by atoms with Crippen molar-refractivity contribution in [3.63, 3.8) is 0 Å². The summed E-state index contributed by atoms with van der Waals surface area (Å²) in [4.78, 5) is 0. The average molecular weight is 191 g/mol. The number of aryl methyl sites for hydroxylation is 3. The maximum Gasteiger partial charge on any atom is -0.00772 e. The van der Waals surface area contributed by atoms with Crippen LogP contribution in [-0.2, 0) is 12.8 Å². The fourth-order valence-electron chi connectivity index (χ4n) is 1.79. The monoisotopic (exact) mass is 191 g/mol. The van der Waals surface area contributed by atoms with Crippen LogP contribution in [0, 0.1) is 6.92 Å². The lowest BCUT2D eigenvalue weighted by atomic mass is 9.98. The van der Waals surface area contributed by atoms with Crippen molar-refractivity contribution >= 4 is 0 Å². The van der Waals surface area contributed by atoms with Gasteiger partial charge in [-0.25, -0.2) is 0 Å². The second-order valence-electron chi connectivity index (χ2n) is 3.87. The van der Waals surface area contributed by atoms with Gasteiger partial charge in [0.1, 0.15) is 0 Å². The first-order valence-corrected chi connectivity index (χ1v) is 5.56. The van der Waals surface area contributed by atoms with Crippen molar-refractivity contribution in [3.8, 4) is 0 Å². The molecule has 0 aliphatic heterocycles. The fourth-order valence-corrected chi connectivity index (χ4v) is 1.79. The summed E-state index contributed by atoms with van der Waals surface area (Å²) in [6, 6.07) is 6.77. The molecule has 0 aliphatic carbocycles. The smallest absolute Gasteiger partial charge is 0.00772 e. The maximum absolute atomic E-state index is 5.49. The van der Waals surface area contributed by atoms with E-state index in [1.807, 2.05) is 0 Å². The Morgan fingerprint density at radius 3 is 2.57 bits per heavy atom. The molecule has 0 saturated heterocycles. The Labute approximate surface area is 87.3 Å². The van der Waals surface area contributed by atoms with Gasteiger partial charge in [0, 0.05) is 0 Å². The van der Waals surface area contributed by atoms with Gasteiger partial charge in [0.15, 0.2) is 0 Å². The molecule has 0 amide bonds. The van der Waals surface area contributed by atoms with E-state index in [9.17, 15) is 0 Å². The van der Waals surface area contributed by atoms with E-state index < -0.39 is 0 Å². The molecular weight excluding hydrogens is 170 g/mol. The van der Waals surface area contributed by atoms with Gasteiger partial charge in [0.05, 0.1) is 0 Å². The second kappa shape index (κ2) is 5.82. The van der Waals surface area contributed by atoms with E-state index in [0.29, 0.717) is 0 Å². The van der Waals surface area contributed by atoms with Crippen LogP contribution >= 0.6 is 0 Å². The Morgan fingerprint density at radius 1 is 1.14 bits per heavy atom. The van der Waals surface area contributed by atoms with Crippen LogP contribution in [-0.4, -0.2) is 6.54 Å². The summed E-state index contributed by atoms with van der Waals surface area (Å²) in [5, 5.41) is 0. The number of nitrogens with two attached hydrogens (primary N) is 1. The van der Waals surface area contributed by atoms with E-state index in [1.165, 1.54) is 29.5 Å². The highest BCUT2D eigenvalue weighted by molar-refractivity contribution is 5.31. The van der Waals surface area contributed by atoms with Crippen LogP contribution < -0.4 is 5.73 Å². The van der Waals surface area contributed by atoms with Crippen LogP contribution in [0.25, 0.3) is 0 Å². The molecule has 0 fully saturated rings. The predicted molar refractivity (Wildman–Crippen MR) is 62.5 cm³/mol. The van der Waals surface area contributed by atoms with Crippen molar-refractivity contribution < 1.29 is 0 Å². The van der Waals surface area contributed by atoms with Gasteiger partial charge >= 0.3 is 0 Å². The Balaban J connectivity index is 2.67. The van der Waals surface area contributed by atoms with Gasteiger partial charge in [0.2, 0.25) is 0 Å². The van der Waals surface area contributed by atoms with E-state index in [0.717, 1.165) is 19.4 Å². The quantitative estimate of drug-likeness (QED) is 0.712. The van der Waals surface area contributed by atoms with Crippen LogP contribution in [0.15, 0.2) is 18.2 Å². The summed E-state index contributed by atoms with van der Waals surface area (Å²) >= 11 is 0. The summed E-state index contributed by atoms with van der Waals surface area (Å²) in [6.07, 6.45) is 4.67. The Morgan fingerprint density at radius 2 is 1.93 bits per heavy atom. The molecule has 2 N–H and O–H groups in total. The molecule has 1 nitrogen and oxygen atoms in total. The highest BCUT2D eigenvalue weighted by Crippen LogP contribution is 2.14. The third-order valence-electron chi connectivity index (χ3n) is 2.64. The molecule has 0 radical (unpaired) electrons. The SMILES string of the molecule is CCc1ccc(C)cc1CCCCN. The third kappa shape index (κ3) is 3.15. The molecule has 0 unspecified atom stereocenters. The summed E-state index contributed by atoms with van der Waals surface area (Å²) < 4.78 is 0. The van der Waals surface area contributed by atoms with Crippen molar-refractivity contribution in [2.24, 2.45) is 5.73 Å². The Bertz CT molecular complexity index is 279. The molecule has 1 rings (SSSR count). The fraction of sp³-hybridized carbons (Fsp3) is 0.538. The molecule has 78 valence electrons. The van der Waals surface area contributed by atoms with E-state index >= 15 is 0 Å². The van der Waals surface area contributed by atoms with Gasteiger partial charge in [-0.2, -0.15) is 0 Å². The highest BCUT2D eigenvalue weighted by Gasteiger charge is 2.00. The molecule has 1 aromatic carbocycles. The standard InChI is InChI=1S/C13H21N/c1-3-12-8-7-11(2)10-13(12)6-4-5-9-14/h7-8,10H,3-6,9,14H2,1-2H3. The van der Waals surface area contributed by atoms with Crippen LogP contribution in [0.1, 0.15) is 36.5 Å². The second-order valence-corrected chi connectivity index (χ2v) is 3.87. The normalized spacial score (nSPS) is 10.5. The van der Waals surface area contributed by atoms with E-state index in [2.05, 4.69) is 32.0 Å². The molecule has 14 heavy (non-hydrogen) atoms. The van der Waals surface area contributed by atoms with Crippen molar-refractivity contribution in [3.05, 3.63) is 34.9 Å². The van der Waals surface area contributed by atoms with Crippen molar-refractivity contribution in [1.29, 1.82) is 0 Å². The van der Waals surface area contributed by atoms with Crippen LogP contribution in [0.5, 0.6) is 0 Å². The van der Waals surface area contributed by atoms with Gasteiger partial charge < -0.3 is 5.73 Å². The topological polar surface area (TPSA) is 26.0 Å². The largest absolute Gasteiger partial charge is 0.330 e. The lowest BCUT2D eigenvalue weighted by Gasteiger charge is -2.08. The number of rotatable bonds is 5. The minimum absolute atomic E-state index is 0.813. The zero-order valence-electron chi connectivity index (χ0n) is 9.34. The van der Waals surface area contributed by atoms with Crippen molar-refractivity contribution in [1.82, 2.24) is 0 Å². The molecule has 1 heteroatoms. The molecule has 0 bridgehead atoms. The van der Waals surface area contributed by atoms with Crippen LogP contribution in [0.2, 0.25) is 0 Å². The van der Waals surface area contributed by atoms with Gasteiger partial charge in [-0.05, 0) is 50.3 Å². The first-order valence-electron chi connectivity index (χ1n) is 5.56. The number of hydrogen-bond acceptors (Lipinski definition) is 1. The molecule has 0 saturated carbocycles. The summed E-state index contributed by atoms with van der Waals surface area (Å²) in [6.45, 7) is 5.19. The third-order valence-corrected chi connectivity index (χ3v) is 2.64. The van der Waals surface area contributed by atoms with E-state index in [4.69, 9.17) is 5.73 Å². The zero-order valence-corrected chi connectivity index (χ0v) is 9.34. The number of benzene rings is 1. The van der Waals surface area contributed by atoms with E-state index in [-0.39, 0.29) is 0 Å². The molecule has 0 aliphatic rings. The van der Waals surface area contributed by atoms with Gasteiger partial charge in [-0.3, -0.25) is 0 Å². The zero-order chi connectivity index (χ0) is 10.4. The summed E-state index contributed by atoms with van der Waals surface area (Å²) in [7, 11) is 0. The minimum Gasteiger partial charge on any atom is -0.330 e. The van der Waals surface area contributed by atoms with Gasteiger partial charge in [-0.15, -0.1) is 0 Å². The van der Waals surface area contributed by atoms with Crippen LogP contribution in [0.3, 0.4) is 0 Å². The lowest BCUT2D eigenvalue weighted by Crippen LogP contribution is -2.00. The minimum atomic E-state index is 0.813. The Hall–Kier alpha value is -0.820. The van der Waals surface area contributed by atoms with Crippen molar-refractivity contribution in [2.45, 2.75) is 39.5 Å². The summed E-state index contributed by atoms with van der Waals surface area (Å²) in [5.74, 6) is 0. The molecule has 0 spiro atoms. The van der Waals surface area contributed by atoms with Gasteiger partial charge in [-0.1, -0.05) is 30.7 Å². The molecule has 1 aromatic rings. The van der Waals surface area contributed by atoms with Crippen molar-refractivity contribution in [2.75, 3.05) is 6.54 Å². The summed E-state index contributed by atoms with van der Waals surface area (Å²) in [5.41, 5.74) is 9.87. The molecular formula is C13H21N.